The van der Waals surface area contributed by atoms with Gasteiger partial charge in [-0.3, -0.25) is 9.69 Å². The number of likely N-dealkylation sites (tertiary alicyclic amines) is 2. The van der Waals surface area contributed by atoms with Gasteiger partial charge in [-0.25, -0.2) is 4.98 Å². The minimum Gasteiger partial charge on any atom is -0.490 e. The second-order valence-electron chi connectivity index (χ2n) is 7.75. The summed E-state index contributed by atoms with van der Waals surface area (Å²) in [6.45, 7) is 7.77. The summed E-state index contributed by atoms with van der Waals surface area (Å²) >= 11 is 0. The maximum atomic E-state index is 12.6. The number of amides is 1. The summed E-state index contributed by atoms with van der Waals surface area (Å²) < 4.78 is 8.42. The summed E-state index contributed by atoms with van der Waals surface area (Å²) in [5.41, 5.74) is 0.739. The number of piperidine rings is 1. The molecular formula is C22H30N4O2. The molecule has 150 valence electrons. The Morgan fingerprint density at radius 2 is 1.96 bits per heavy atom. The van der Waals surface area contributed by atoms with E-state index in [1.807, 2.05) is 41.6 Å². The van der Waals surface area contributed by atoms with Crippen molar-refractivity contribution in [3.05, 3.63) is 48.0 Å². The molecule has 2 fully saturated rings. The van der Waals surface area contributed by atoms with Gasteiger partial charge in [0, 0.05) is 50.7 Å². The number of aromatic nitrogens is 2. The van der Waals surface area contributed by atoms with E-state index in [2.05, 4.69) is 21.4 Å². The van der Waals surface area contributed by atoms with Crippen molar-refractivity contribution in [2.75, 3.05) is 26.2 Å². The van der Waals surface area contributed by atoms with Crippen molar-refractivity contribution in [3.63, 3.8) is 0 Å². The first-order valence-corrected chi connectivity index (χ1v) is 10.5. The first kappa shape index (κ1) is 19.0. The van der Waals surface area contributed by atoms with Gasteiger partial charge in [-0.2, -0.15) is 0 Å². The summed E-state index contributed by atoms with van der Waals surface area (Å²) in [5.74, 6) is 2.07. The molecule has 1 amide bonds. The number of rotatable bonds is 6. The Bertz CT molecular complexity index is 789. The van der Waals surface area contributed by atoms with Crippen molar-refractivity contribution in [1.29, 1.82) is 0 Å². The van der Waals surface area contributed by atoms with Gasteiger partial charge >= 0.3 is 0 Å². The molecule has 0 radical (unpaired) electrons. The lowest BCUT2D eigenvalue weighted by Crippen LogP contribution is -2.38. The van der Waals surface area contributed by atoms with E-state index in [1.165, 1.54) is 0 Å². The fourth-order valence-electron chi connectivity index (χ4n) is 4.16. The van der Waals surface area contributed by atoms with Gasteiger partial charge in [0.15, 0.2) is 0 Å². The lowest BCUT2D eigenvalue weighted by atomic mass is 10.1. The van der Waals surface area contributed by atoms with Crippen molar-refractivity contribution in [2.24, 2.45) is 0 Å². The lowest BCUT2D eigenvalue weighted by molar-refractivity contribution is 0.0789. The predicted octanol–water partition coefficient (Wildman–Crippen LogP) is 3.18. The molecule has 0 saturated carbocycles. The average molecular weight is 383 g/mol. The molecule has 0 atom stereocenters. The first-order chi connectivity index (χ1) is 13.7. The average Bonchev–Trinajstić information content (AvgIpc) is 3.41. The van der Waals surface area contributed by atoms with Crippen molar-refractivity contribution in [1.82, 2.24) is 19.4 Å². The molecule has 0 aliphatic carbocycles. The molecule has 3 heterocycles. The smallest absolute Gasteiger partial charge is 0.253 e. The monoisotopic (exact) mass is 382 g/mol. The molecule has 4 rings (SSSR count). The van der Waals surface area contributed by atoms with Gasteiger partial charge in [-0.15, -0.1) is 0 Å². The van der Waals surface area contributed by atoms with Crippen LogP contribution >= 0.6 is 0 Å². The summed E-state index contributed by atoms with van der Waals surface area (Å²) in [6, 6.07) is 7.70. The van der Waals surface area contributed by atoms with E-state index in [1.54, 1.807) is 0 Å². The van der Waals surface area contributed by atoms with Crippen molar-refractivity contribution in [3.8, 4) is 5.75 Å². The summed E-state index contributed by atoms with van der Waals surface area (Å²) in [5, 5.41) is 0. The van der Waals surface area contributed by atoms with Gasteiger partial charge in [0.2, 0.25) is 0 Å². The highest BCUT2D eigenvalue weighted by Gasteiger charge is 2.23. The van der Waals surface area contributed by atoms with E-state index in [0.29, 0.717) is 0 Å². The Kier molecular flexibility index (Phi) is 5.95. The number of ether oxygens (including phenoxy) is 1. The molecular weight excluding hydrogens is 352 g/mol. The van der Waals surface area contributed by atoms with Crippen LogP contribution < -0.4 is 4.74 Å². The van der Waals surface area contributed by atoms with Crippen LogP contribution in [-0.4, -0.2) is 57.5 Å². The molecule has 0 spiro atoms. The Morgan fingerprint density at radius 1 is 1.18 bits per heavy atom. The second kappa shape index (κ2) is 8.78. The van der Waals surface area contributed by atoms with Crippen molar-refractivity contribution in [2.45, 2.75) is 51.8 Å². The van der Waals surface area contributed by atoms with E-state index < -0.39 is 0 Å². The van der Waals surface area contributed by atoms with Crippen LogP contribution in [0.25, 0.3) is 0 Å². The number of imidazole rings is 1. The third kappa shape index (κ3) is 4.38. The largest absolute Gasteiger partial charge is 0.490 e. The molecule has 2 aliphatic rings. The number of hydrogen-bond acceptors (Lipinski definition) is 4. The molecule has 2 aromatic rings. The number of benzene rings is 1. The molecule has 28 heavy (non-hydrogen) atoms. The third-order valence-electron chi connectivity index (χ3n) is 5.82. The second-order valence-corrected chi connectivity index (χ2v) is 7.75. The molecule has 1 aromatic carbocycles. The van der Waals surface area contributed by atoms with Crippen molar-refractivity contribution < 1.29 is 9.53 Å². The van der Waals surface area contributed by atoms with Gasteiger partial charge < -0.3 is 14.2 Å². The maximum absolute atomic E-state index is 12.6. The van der Waals surface area contributed by atoms with Crippen LogP contribution in [0.15, 0.2) is 36.7 Å². The SMILES string of the molecule is CCn1ccnc1CN1CCC(Oc2cccc(C(=O)N3CCCC3)c2)CC1. The number of nitrogens with zero attached hydrogens (tertiary/aromatic N) is 4. The zero-order chi connectivity index (χ0) is 19.3. The molecule has 6 nitrogen and oxygen atoms in total. The van der Waals surface area contributed by atoms with Gasteiger partial charge in [0.05, 0.1) is 6.54 Å². The summed E-state index contributed by atoms with van der Waals surface area (Å²) in [4.78, 5) is 21.5. The van der Waals surface area contributed by atoms with Gasteiger partial charge in [-0.05, 0) is 50.8 Å². The Morgan fingerprint density at radius 3 is 2.71 bits per heavy atom. The lowest BCUT2D eigenvalue weighted by Gasteiger charge is -2.32. The Hall–Kier alpha value is -2.34. The van der Waals surface area contributed by atoms with Crippen LogP contribution in [0.5, 0.6) is 5.75 Å². The van der Waals surface area contributed by atoms with Gasteiger partial charge in [0.25, 0.3) is 5.91 Å². The maximum Gasteiger partial charge on any atom is 0.253 e. The van der Waals surface area contributed by atoms with Crippen LogP contribution in [0.4, 0.5) is 0 Å². The molecule has 2 aliphatic heterocycles. The molecule has 6 heteroatoms. The minimum absolute atomic E-state index is 0.129. The fourth-order valence-corrected chi connectivity index (χ4v) is 4.16. The number of carbonyl (C=O) groups is 1. The van der Waals surface area contributed by atoms with Crippen LogP contribution in [0.1, 0.15) is 48.8 Å². The summed E-state index contributed by atoms with van der Waals surface area (Å²) in [6.07, 6.45) is 8.35. The summed E-state index contributed by atoms with van der Waals surface area (Å²) in [7, 11) is 0. The van der Waals surface area contributed by atoms with E-state index in [9.17, 15) is 4.79 Å². The Labute approximate surface area is 167 Å². The topological polar surface area (TPSA) is 50.6 Å². The van der Waals surface area contributed by atoms with Crippen LogP contribution in [0, 0.1) is 0 Å². The molecule has 0 bridgehead atoms. The van der Waals surface area contributed by atoms with E-state index >= 15 is 0 Å². The molecule has 1 aromatic heterocycles. The van der Waals surface area contributed by atoms with Crippen LogP contribution in [0.2, 0.25) is 0 Å². The van der Waals surface area contributed by atoms with Gasteiger partial charge in [0.1, 0.15) is 17.7 Å². The first-order valence-electron chi connectivity index (χ1n) is 10.5. The zero-order valence-corrected chi connectivity index (χ0v) is 16.7. The highest BCUT2D eigenvalue weighted by molar-refractivity contribution is 5.94. The Balaban J connectivity index is 1.30. The van der Waals surface area contributed by atoms with E-state index in [4.69, 9.17) is 4.74 Å². The van der Waals surface area contributed by atoms with Crippen LogP contribution in [-0.2, 0) is 13.1 Å². The standard InChI is InChI=1S/C22H30N4O2/c1-2-25-15-10-23-21(25)17-24-13-8-19(9-14-24)28-20-7-5-6-18(16-20)22(27)26-11-3-4-12-26/h5-7,10,15-16,19H,2-4,8-9,11-14,17H2,1H3. The molecule has 0 N–H and O–H groups in total. The van der Waals surface area contributed by atoms with Gasteiger partial charge in [-0.1, -0.05) is 6.07 Å². The number of aryl methyl sites for hydroxylation is 1. The van der Waals surface area contributed by atoms with E-state index in [-0.39, 0.29) is 12.0 Å². The quantitative estimate of drug-likeness (QED) is 0.770. The van der Waals surface area contributed by atoms with Crippen molar-refractivity contribution >= 4 is 5.91 Å². The fraction of sp³-hybridized carbons (Fsp3) is 0.545. The molecule has 0 unspecified atom stereocenters. The van der Waals surface area contributed by atoms with E-state index in [0.717, 1.165) is 82.1 Å². The normalized spacial score (nSPS) is 18.5. The molecule has 2 saturated heterocycles. The third-order valence-corrected chi connectivity index (χ3v) is 5.82. The predicted molar refractivity (Wildman–Crippen MR) is 108 cm³/mol. The minimum atomic E-state index is 0.129. The zero-order valence-electron chi connectivity index (χ0n) is 16.7. The number of hydrogen-bond donors (Lipinski definition) is 0. The highest BCUT2D eigenvalue weighted by Crippen LogP contribution is 2.22. The van der Waals surface area contributed by atoms with Crippen LogP contribution in [0.3, 0.4) is 0 Å². The highest BCUT2D eigenvalue weighted by atomic mass is 16.5. The number of carbonyl (C=O) groups excluding carboxylic acids is 1.